The Balaban J connectivity index is 1.72. The van der Waals surface area contributed by atoms with Crippen LogP contribution < -0.4 is 0 Å². The first kappa shape index (κ1) is 19.1. The summed E-state index contributed by atoms with van der Waals surface area (Å²) in [6.07, 6.45) is 5.06. The molecule has 26 heavy (non-hydrogen) atoms. The highest BCUT2D eigenvalue weighted by atomic mass is 16.5. The molecule has 0 aromatic carbocycles. The summed E-state index contributed by atoms with van der Waals surface area (Å²) in [4.78, 5) is 4.97. The minimum atomic E-state index is 0.530. The molecule has 1 aliphatic carbocycles. The number of likely N-dealkylation sites (N-methyl/N-ethyl adjacent to an activating group) is 2. The van der Waals surface area contributed by atoms with E-state index in [0.717, 1.165) is 36.0 Å². The van der Waals surface area contributed by atoms with Crippen LogP contribution in [0.4, 0.5) is 0 Å². The average molecular weight is 361 g/mol. The monoisotopic (exact) mass is 360 g/mol. The minimum absolute atomic E-state index is 0.530. The van der Waals surface area contributed by atoms with Crippen molar-refractivity contribution in [1.29, 1.82) is 0 Å². The maximum absolute atomic E-state index is 5.35. The van der Waals surface area contributed by atoms with E-state index in [1.807, 2.05) is 27.7 Å². The number of hydrogen-bond donors (Lipinski definition) is 0. The van der Waals surface area contributed by atoms with Crippen LogP contribution in [0.5, 0.6) is 0 Å². The molecule has 6 heteroatoms. The van der Waals surface area contributed by atoms with Gasteiger partial charge in [0, 0.05) is 36.3 Å². The zero-order valence-electron chi connectivity index (χ0n) is 17.0. The second-order valence-corrected chi connectivity index (χ2v) is 7.85. The van der Waals surface area contributed by atoms with Crippen molar-refractivity contribution in [3.63, 3.8) is 0 Å². The van der Waals surface area contributed by atoms with E-state index in [9.17, 15) is 0 Å². The normalized spacial score (nSPS) is 21.1. The summed E-state index contributed by atoms with van der Waals surface area (Å²) in [6.45, 7) is 9.85. The number of aromatic nitrogens is 2. The molecule has 1 aliphatic rings. The zero-order chi connectivity index (χ0) is 18.8. The van der Waals surface area contributed by atoms with Gasteiger partial charge in [-0.25, -0.2) is 0 Å². The Hall–Kier alpha value is -1.66. The van der Waals surface area contributed by atoms with Crippen LogP contribution in [-0.2, 0) is 13.1 Å². The molecule has 0 unspecified atom stereocenters. The van der Waals surface area contributed by atoms with E-state index in [1.165, 1.54) is 36.8 Å². The highest BCUT2D eigenvalue weighted by Gasteiger charge is 2.32. The Labute approximate surface area is 156 Å². The third kappa shape index (κ3) is 3.86. The van der Waals surface area contributed by atoms with Crippen molar-refractivity contribution >= 4 is 0 Å². The molecule has 144 valence electrons. The number of hydrogen-bond acceptors (Lipinski definition) is 6. The van der Waals surface area contributed by atoms with E-state index < -0.39 is 0 Å². The fourth-order valence-corrected chi connectivity index (χ4v) is 4.31. The Morgan fingerprint density at radius 3 is 1.46 bits per heavy atom. The minimum Gasteiger partial charge on any atom is -0.361 e. The lowest BCUT2D eigenvalue weighted by molar-refractivity contribution is 0.0687. The second kappa shape index (κ2) is 7.92. The highest BCUT2D eigenvalue weighted by Crippen LogP contribution is 2.29. The van der Waals surface area contributed by atoms with Crippen LogP contribution in [0.2, 0.25) is 0 Å². The molecule has 1 fully saturated rings. The molecule has 1 saturated carbocycles. The van der Waals surface area contributed by atoms with Gasteiger partial charge in [-0.1, -0.05) is 23.2 Å². The molecule has 0 spiro atoms. The average Bonchev–Trinajstić information content (AvgIpc) is 3.11. The molecule has 0 aliphatic heterocycles. The molecule has 0 saturated heterocycles. The molecule has 2 aromatic heterocycles. The van der Waals surface area contributed by atoms with E-state index >= 15 is 0 Å². The zero-order valence-corrected chi connectivity index (χ0v) is 17.0. The van der Waals surface area contributed by atoms with Crippen molar-refractivity contribution in [2.45, 2.75) is 78.6 Å². The first-order valence-corrected chi connectivity index (χ1v) is 9.62. The van der Waals surface area contributed by atoms with Gasteiger partial charge in [0.25, 0.3) is 0 Å². The van der Waals surface area contributed by atoms with Gasteiger partial charge in [0.1, 0.15) is 11.5 Å². The first-order chi connectivity index (χ1) is 12.4. The molecule has 2 aromatic rings. The van der Waals surface area contributed by atoms with Crippen LogP contribution in [0.15, 0.2) is 9.05 Å². The molecule has 6 nitrogen and oxygen atoms in total. The highest BCUT2D eigenvalue weighted by molar-refractivity contribution is 5.21. The maximum atomic E-state index is 5.35. The van der Waals surface area contributed by atoms with Crippen molar-refractivity contribution in [3.8, 4) is 0 Å². The molecule has 0 amide bonds. The van der Waals surface area contributed by atoms with Crippen molar-refractivity contribution in [2.24, 2.45) is 0 Å². The van der Waals surface area contributed by atoms with Gasteiger partial charge >= 0.3 is 0 Å². The summed E-state index contributed by atoms with van der Waals surface area (Å²) in [7, 11) is 4.47. The quantitative estimate of drug-likeness (QED) is 0.781. The van der Waals surface area contributed by atoms with Crippen molar-refractivity contribution in [2.75, 3.05) is 14.1 Å². The van der Waals surface area contributed by atoms with Crippen LogP contribution >= 0.6 is 0 Å². The topological polar surface area (TPSA) is 58.5 Å². The fraction of sp³-hybridized carbons (Fsp3) is 0.700. The van der Waals surface area contributed by atoms with Gasteiger partial charge in [-0.15, -0.1) is 0 Å². The smallest absolute Gasteiger partial charge is 0.138 e. The summed E-state index contributed by atoms with van der Waals surface area (Å²) >= 11 is 0. The summed E-state index contributed by atoms with van der Waals surface area (Å²) in [6, 6.07) is 1.06. The van der Waals surface area contributed by atoms with E-state index in [2.05, 4.69) is 34.2 Å². The van der Waals surface area contributed by atoms with E-state index in [4.69, 9.17) is 9.05 Å². The number of rotatable bonds is 6. The Kier molecular flexibility index (Phi) is 5.82. The molecule has 0 bridgehead atoms. The predicted molar refractivity (Wildman–Crippen MR) is 101 cm³/mol. The summed E-state index contributed by atoms with van der Waals surface area (Å²) < 4.78 is 10.7. The third-order valence-corrected chi connectivity index (χ3v) is 6.00. The summed E-state index contributed by atoms with van der Waals surface area (Å²) in [5.74, 6) is 1.87. The van der Waals surface area contributed by atoms with Crippen LogP contribution in [-0.4, -0.2) is 46.3 Å². The van der Waals surface area contributed by atoms with Crippen molar-refractivity contribution < 1.29 is 9.05 Å². The molecule has 2 atom stereocenters. The lowest BCUT2D eigenvalue weighted by atomic mass is 9.88. The standard InChI is InChI=1S/C20H32N4O2/c1-13-17(15(3)25-21-13)11-23(5)19-9-7-8-10-20(19)24(6)12-18-14(2)22-26-16(18)4/h19-20H,7-12H2,1-6H3/t19-,20-/m1/s1. The Morgan fingerprint density at radius 1 is 0.769 bits per heavy atom. The Bertz CT molecular complexity index is 635. The van der Waals surface area contributed by atoms with Crippen LogP contribution in [0.3, 0.4) is 0 Å². The van der Waals surface area contributed by atoms with E-state index in [1.54, 1.807) is 0 Å². The van der Waals surface area contributed by atoms with Gasteiger partial charge in [-0.3, -0.25) is 9.80 Å². The molecule has 0 N–H and O–H groups in total. The first-order valence-electron chi connectivity index (χ1n) is 9.62. The van der Waals surface area contributed by atoms with E-state index in [-0.39, 0.29) is 0 Å². The lowest BCUT2D eigenvalue weighted by Gasteiger charge is -2.42. The summed E-state index contributed by atoms with van der Waals surface area (Å²) in [5.41, 5.74) is 4.46. The van der Waals surface area contributed by atoms with Gasteiger partial charge in [0.15, 0.2) is 0 Å². The van der Waals surface area contributed by atoms with Gasteiger partial charge in [-0.2, -0.15) is 0 Å². The van der Waals surface area contributed by atoms with Crippen molar-refractivity contribution in [3.05, 3.63) is 34.0 Å². The SMILES string of the molecule is Cc1noc(C)c1CN(C)[C@@H]1CCCC[C@H]1N(C)Cc1c(C)noc1C. The predicted octanol–water partition coefficient (Wildman–Crippen LogP) is 3.77. The summed E-state index contributed by atoms with van der Waals surface area (Å²) in [5, 5.41) is 8.22. The second-order valence-electron chi connectivity index (χ2n) is 7.85. The molecule has 3 rings (SSSR count). The van der Waals surface area contributed by atoms with Crippen molar-refractivity contribution in [1.82, 2.24) is 20.1 Å². The molecular weight excluding hydrogens is 328 g/mol. The fourth-order valence-electron chi connectivity index (χ4n) is 4.31. The number of nitrogens with zero attached hydrogens (tertiary/aromatic N) is 4. The Morgan fingerprint density at radius 2 is 1.15 bits per heavy atom. The molecule has 2 heterocycles. The van der Waals surface area contributed by atoms with Crippen LogP contribution in [0, 0.1) is 27.7 Å². The van der Waals surface area contributed by atoms with Gasteiger partial charge in [-0.05, 0) is 54.6 Å². The van der Waals surface area contributed by atoms with Gasteiger partial charge in [0.05, 0.1) is 11.4 Å². The molecular formula is C20H32N4O2. The van der Waals surface area contributed by atoms with E-state index in [0.29, 0.717) is 12.1 Å². The maximum Gasteiger partial charge on any atom is 0.138 e. The lowest BCUT2D eigenvalue weighted by Crippen LogP contribution is -2.50. The molecule has 0 radical (unpaired) electrons. The van der Waals surface area contributed by atoms with Crippen LogP contribution in [0.1, 0.15) is 59.7 Å². The largest absolute Gasteiger partial charge is 0.361 e. The van der Waals surface area contributed by atoms with Crippen LogP contribution in [0.25, 0.3) is 0 Å². The van der Waals surface area contributed by atoms with Gasteiger partial charge in [0.2, 0.25) is 0 Å². The van der Waals surface area contributed by atoms with Gasteiger partial charge < -0.3 is 9.05 Å². The number of aryl methyl sites for hydroxylation is 4. The third-order valence-electron chi connectivity index (χ3n) is 6.00.